The lowest BCUT2D eigenvalue weighted by Crippen LogP contribution is -2.62. The van der Waals surface area contributed by atoms with Gasteiger partial charge in [-0.2, -0.15) is 0 Å². The number of anilines is 9. The highest BCUT2D eigenvalue weighted by Crippen LogP contribution is 2.59. The number of fused-ring (bicyclic) bond motifs is 9. The van der Waals surface area contributed by atoms with Crippen LogP contribution in [0.5, 0.6) is 0 Å². The summed E-state index contributed by atoms with van der Waals surface area (Å²) >= 11 is 0. The lowest BCUT2D eigenvalue weighted by atomic mass is 9.33. The van der Waals surface area contributed by atoms with E-state index < -0.39 is 0 Å². The van der Waals surface area contributed by atoms with Crippen molar-refractivity contribution in [2.75, 3.05) is 14.7 Å². The topological polar surface area (TPSA) is 9.72 Å². The first-order valence-electron chi connectivity index (χ1n) is 31.7. The van der Waals surface area contributed by atoms with E-state index >= 15 is 0 Å². The van der Waals surface area contributed by atoms with Gasteiger partial charge in [0.15, 0.2) is 0 Å². The average Bonchev–Trinajstić information content (AvgIpc) is 1.02. The lowest BCUT2D eigenvalue weighted by Gasteiger charge is -2.48. The molecule has 3 nitrogen and oxygen atoms in total. The maximum atomic E-state index is 2.75. The van der Waals surface area contributed by atoms with E-state index in [-0.39, 0.29) is 50.0 Å². The zero-order valence-electron chi connectivity index (χ0n) is 54.6. The molecule has 13 rings (SSSR count). The molecule has 8 aromatic carbocycles. The summed E-state index contributed by atoms with van der Waals surface area (Å²) in [7, 11) is 0. The molecule has 8 aromatic rings. The molecule has 0 saturated heterocycles. The van der Waals surface area contributed by atoms with Crippen LogP contribution in [-0.4, -0.2) is 6.71 Å². The third-order valence-electron chi connectivity index (χ3n) is 21.2. The predicted molar refractivity (Wildman–Crippen MR) is 364 cm³/mol. The standard InChI is InChI=1S/C80H92BN3/c1-49-43-68-72-69(44-49)84(65-38-36-59(75(8,9)10)70-56-23-21-22-24-57(56)80(19,20)71(65)70)66-46-55(82(52-29-25-50(26-30-52)73(2,3)4)53-31-27-51(28-32-53)74(5,6)7)34-37-63(66)81(72)64-47-61-62(79(17,18)42-41-78(61,15)16)48-67(64)83(68)54-33-35-58-60(45-54)77(13,14)40-39-76(58,11)12/h21-38,43-48H,39-42H2,1-20H3. The minimum Gasteiger partial charge on any atom is -0.311 e. The van der Waals surface area contributed by atoms with Gasteiger partial charge in [0.05, 0.1) is 5.69 Å². The molecule has 5 aliphatic rings. The van der Waals surface area contributed by atoms with Gasteiger partial charge in [-0.05, 0) is 226 Å². The summed E-state index contributed by atoms with van der Waals surface area (Å²) in [6, 6.07) is 58.6. The first kappa shape index (κ1) is 56.4. The monoisotopic (exact) mass is 1110 g/mol. The molecule has 0 unspecified atom stereocenters. The van der Waals surface area contributed by atoms with Crippen LogP contribution < -0.4 is 31.1 Å². The summed E-state index contributed by atoms with van der Waals surface area (Å²) in [6.07, 6.45) is 4.67. The lowest BCUT2D eigenvalue weighted by molar-refractivity contribution is 0.332. The molecule has 4 heteroatoms. The van der Waals surface area contributed by atoms with Gasteiger partial charge in [-0.3, -0.25) is 0 Å². The summed E-state index contributed by atoms with van der Waals surface area (Å²) < 4.78 is 0. The molecule has 0 atom stereocenters. The third kappa shape index (κ3) is 8.62. The van der Waals surface area contributed by atoms with Crippen molar-refractivity contribution in [2.24, 2.45) is 0 Å². The van der Waals surface area contributed by atoms with Gasteiger partial charge in [-0.1, -0.05) is 204 Å². The van der Waals surface area contributed by atoms with Crippen LogP contribution >= 0.6 is 0 Å². The average molecular weight is 1110 g/mol. The molecular formula is C80H92BN3. The van der Waals surface area contributed by atoms with E-state index in [9.17, 15) is 0 Å². The number of hydrogen-bond donors (Lipinski definition) is 0. The number of benzene rings is 8. The van der Waals surface area contributed by atoms with Gasteiger partial charge in [0.2, 0.25) is 0 Å². The summed E-state index contributed by atoms with van der Waals surface area (Å²) in [5.74, 6) is 0. The summed E-state index contributed by atoms with van der Waals surface area (Å²) in [5, 5.41) is 0. The van der Waals surface area contributed by atoms with Gasteiger partial charge in [0.25, 0.3) is 6.71 Å². The zero-order chi connectivity index (χ0) is 60.0. The Bertz CT molecular complexity index is 3950. The Labute approximate surface area is 506 Å². The Morgan fingerprint density at radius 1 is 0.405 bits per heavy atom. The van der Waals surface area contributed by atoms with Crippen LogP contribution in [0.25, 0.3) is 11.1 Å². The van der Waals surface area contributed by atoms with Crippen molar-refractivity contribution in [3.63, 3.8) is 0 Å². The molecule has 84 heavy (non-hydrogen) atoms. The molecule has 0 spiro atoms. The first-order valence-corrected chi connectivity index (χ1v) is 31.7. The number of aryl methyl sites for hydroxylation is 1. The highest BCUT2D eigenvalue weighted by atomic mass is 15.2. The van der Waals surface area contributed by atoms with Gasteiger partial charge in [-0.25, -0.2) is 0 Å². The first-order chi connectivity index (χ1) is 39.2. The van der Waals surface area contributed by atoms with Crippen molar-refractivity contribution in [2.45, 2.75) is 207 Å². The van der Waals surface area contributed by atoms with Crippen LogP contribution in [0.3, 0.4) is 0 Å². The fourth-order valence-corrected chi connectivity index (χ4v) is 15.9. The maximum absolute atomic E-state index is 2.75. The molecule has 3 aliphatic carbocycles. The van der Waals surface area contributed by atoms with Crippen molar-refractivity contribution >= 4 is 74.3 Å². The zero-order valence-corrected chi connectivity index (χ0v) is 54.6. The SMILES string of the molecule is Cc1cc2c3c(c1)N(c1ccc(C(C)(C)C)c4c1C(C)(C)c1ccccc1-4)c1cc(N(c4ccc(C(C)(C)C)cc4)c4ccc(C(C)(C)C)cc4)ccc1B3c1cc3c(cc1N2c1ccc2c(c1)C(C)(C)CCC2(C)C)C(C)(C)CCC3(C)C. The second-order valence-corrected chi connectivity index (χ2v) is 32.5. The highest BCUT2D eigenvalue weighted by molar-refractivity contribution is 7.00. The van der Waals surface area contributed by atoms with Crippen molar-refractivity contribution in [3.8, 4) is 11.1 Å². The molecule has 2 heterocycles. The molecule has 0 amide bonds. The van der Waals surface area contributed by atoms with Crippen LogP contribution in [0.1, 0.15) is 213 Å². The Hall–Kier alpha value is -6.78. The van der Waals surface area contributed by atoms with Crippen LogP contribution in [0, 0.1) is 6.92 Å². The number of nitrogens with zero attached hydrogens (tertiary/aromatic N) is 3. The van der Waals surface area contributed by atoms with Gasteiger partial charge in [0, 0.05) is 50.9 Å². The highest BCUT2D eigenvalue weighted by Gasteiger charge is 2.50. The minimum atomic E-state index is -0.295. The van der Waals surface area contributed by atoms with Crippen molar-refractivity contribution in [3.05, 3.63) is 201 Å². The smallest absolute Gasteiger partial charge is 0.252 e. The summed E-state index contributed by atoms with van der Waals surface area (Å²) in [4.78, 5) is 7.98. The molecule has 0 bridgehead atoms. The molecule has 0 fully saturated rings. The Morgan fingerprint density at radius 2 is 0.905 bits per heavy atom. The molecule has 0 aromatic heterocycles. The molecular weight excluding hydrogens is 1010 g/mol. The Balaban J connectivity index is 1.15. The van der Waals surface area contributed by atoms with Crippen molar-refractivity contribution < 1.29 is 0 Å². The number of rotatable bonds is 5. The Kier molecular flexibility index (Phi) is 12.3. The van der Waals surface area contributed by atoms with Gasteiger partial charge in [-0.15, -0.1) is 0 Å². The predicted octanol–water partition coefficient (Wildman–Crippen LogP) is 20.4. The van der Waals surface area contributed by atoms with Crippen molar-refractivity contribution in [1.82, 2.24) is 0 Å². The quantitative estimate of drug-likeness (QED) is 0.159. The van der Waals surface area contributed by atoms with Gasteiger partial charge in [0.1, 0.15) is 0 Å². The van der Waals surface area contributed by atoms with E-state index in [0.29, 0.717) is 0 Å². The van der Waals surface area contributed by atoms with Crippen LogP contribution in [-0.2, 0) is 43.3 Å². The third-order valence-corrected chi connectivity index (χ3v) is 21.2. The van der Waals surface area contributed by atoms with Crippen molar-refractivity contribution in [1.29, 1.82) is 0 Å². The summed E-state index contributed by atoms with van der Waals surface area (Å²) in [5.41, 5.74) is 31.8. The number of hydrogen-bond acceptors (Lipinski definition) is 3. The van der Waals surface area contributed by atoms with E-state index in [1.54, 1.807) is 0 Å². The fourth-order valence-electron chi connectivity index (χ4n) is 15.9. The van der Waals surface area contributed by atoms with E-state index in [0.717, 1.165) is 29.9 Å². The van der Waals surface area contributed by atoms with E-state index in [2.05, 4.69) is 299 Å². The van der Waals surface area contributed by atoms with Gasteiger partial charge >= 0.3 is 0 Å². The van der Waals surface area contributed by atoms with E-state index in [1.165, 1.54) is 130 Å². The Morgan fingerprint density at radius 3 is 1.46 bits per heavy atom. The normalized spacial score (nSPS) is 18.2. The second-order valence-electron chi connectivity index (χ2n) is 32.5. The molecule has 0 radical (unpaired) electrons. The van der Waals surface area contributed by atoms with E-state index in [1.807, 2.05) is 0 Å². The maximum Gasteiger partial charge on any atom is 0.252 e. The molecule has 2 aliphatic heterocycles. The molecule has 0 N–H and O–H groups in total. The molecule has 0 saturated carbocycles. The summed E-state index contributed by atoms with van der Waals surface area (Å²) in [6.45, 7) is 48.2. The minimum absolute atomic E-state index is 0.0113. The largest absolute Gasteiger partial charge is 0.311 e. The second kappa shape index (κ2) is 18.4. The molecule has 430 valence electrons. The van der Waals surface area contributed by atoms with Crippen LogP contribution in [0.4, 0.5) is 51.2 Å². The van der Waals surface area contributed by atoms with Crippen LogP contribution in [0.2, 0.25) is 0 Å². The van der Waals surface area contributed by atoms with Crippen LogP contribution in [0.15, 0.2) is 146 Å². The van der Waals surface area contributed by atoms with Gasteiger partial charge < -0.3 is 14.7 Å². The van der Waals surface area contributed by atoms with E-state index in [4.69, 9.17) is 0 Å². The fraction of sp³-hybridized carbons (Fsp3) is 0.400.